The molecule has 1 atom stereocenters. The van der Waals surface area contributed by atoms with E-state index in [-0.39, 0.29) is 24.0 Å². The molecule has 2 aromatic rings. The van der Waals surface area contributed by atoms with Crippen molar-refractivity contribution in [1.29, 1.82) is 0 Å². The van der Waals surface area contributed by atoms with Gasteiger partial charge in [-0.3, -0.25) is 9.67 Å². The first-order chi connectivity index (χ1) is 10.7. The lowest BCUT2D eigenvalue weighted by molar-refractivity contribution is 0.484. The zero-order chi connectivity index (χ0) is 15.5. The molecule has 1 aliphatic heterocycles. The van der Waals surface area contributed by atoms with Gasteiger partial charge in [0, 0.05) is 58.2 Å². The largest absolute Gasteiger partial charge is 0.353 e. The van der Waals surface area contributed by atoms with Crippen LogP contribution in [0.3, 0.4) is 0 Å². The molecule has 0 aromatic carbocycles. The molecule has 1 unspecified atom stereocenters. The molecule has 0 spiro atoms. The lowest BCUT2D eigenvalue weighted by atomic mass is 10.0. The first-order valence-corrected chi connectivity index (χ1v) is 7.71. The summed E-state index contributed by atoms with van der Waals surface area (Å²) in [5.41, 5.74) is 2.58. The molecule has 7 heteroatoms. The van der Waals surface area contributed by atoms with Crippen LogP contribution in [0.25, 0.3) is 0 Å². The van der Waals surface area contributed by atoms with E-state index >= 15 is 0 Å². The van der Waals surface area contributed by atoms with Crippen molar-refractivity contribution < 1.29 is 0 Å². The van der Waals surface area contributed by atoms with Crippen LogP contribution in [0.2, 0.25) is 0 Å². The Bertz CT molecular complexity index is 659. The summed E-state index contributed by atoms with van der Waals surface area (Å²) in [7, 11) is 5.88. The fourth-order valence-electron chi connectivity index (χ4n) is 3.06. The molecular weight excluding hydrogens is 403 g/mol. The summed E-state index contributed by atoms with van der Waals surface area (Å²) in [6, 6.07) is 4.19. The molecule has 0 bridgehead atoms. The molecule has 0 radical (unpaired) electrons. The molecule has 3 rings (SSSR count). The number of aryl methyl sites for hydroxylation is 2. The molecule has 1 aliphatic rings. The third-order valence-electron chi connectivity index (χ3n) is 4.37. The molecule has 0 saturated carbocycles. The van der Waals surface area contributed by atoms with Gasteiger partial charge in [-0.25, -0.2) is 0 Å². The minimum Gasteiger partial charge on any atom is -0.353 e. The summed E-state index contributed by atoms with van der Waals surface area (Å²) in [6.07, 6.45) is 7.31. The van der Waals surface area contributed by atoms with E-state index in [1.807, 2.05) is 25.0 Å². The van der Waals surface area contributed by atoms with Crippen LogP contribution in [0.4, 0.5) is 0 Å². The predicted molar refractivity (Wildman–Crippen MR) is 103 cm³/mol. The third kappa shape index (κ3) is 4.07. The van der Waals surface area contributed by atoms with E-state index in [0.717, 1.165) is 32.0 Å². The molecule has 23 heavy (non-hydrogen) atoms. The second-order valence-corrected chi connectivity index (χ2v) is 5.89. The van der Waals surface area contributed by atoms with Crippen LogP contribution >= 0.6 is 24.0 Å². The number of hydrogen-bond acceptors (Lipinski definition) is 2. The fraction of sp³-hybridized carbons (Fsp3) is 0.500. The average Bonchev–Trinajstić information content (AvgIpc) is 3.22. The number of guanidine groups is 1. The molecule has 6 nitrogen and oxygen atoms in total. The second kappa shape index (κ2) is 7.85. The molecule has 1 fully saturated rings. The van der Waals surface area contributed by atoms with Crippen LogP contribution < -0.4 is 5.32 Å². The van der Waals surface area contributed by atoms with Crippen LogP contribution in [0.15, 0.2) is 35.7 Å². The summed E-state index contributed by atoms with van der Waals surface area (Å²) < 4.78 is 4.00. The van der Waals surface area contributed by atoms with Gasteiger partial charge in [0.2, 0.25) is 0 Å². The zero-order valence-electron chi connectivity index (χ0n) is 13.9. The highest BCUT2D eigenvalue weighted by Gasteiger charge is 2.26. The SMILES string of the molecule is CN=C(NCc1cccn1C)N1CCC(c2cnn(C)c2)C1.I. The van der Waals surface area contributed by atoms with Crippen molar-refractivity contribution in [1.82, 2.24) is 24.6 Å². The molecular formula is C16H25IN6. The van der Waals surface area contributed by atoms with Crippen molar-refractivity contribution in [3.8, 4) is 0 Å². The molecule has 0 aliphatic carbocycles. The average molecular weight is 428 g/mol. The number of hydrogen-bond donors (Lipinski definition) is 1. The van der Waals surface area contributed by atoms with Crippen molar-refractivity contribution in [2.45, 2.75) is 18.9 Å². The Morgan fingerprint density at radius 2 is 2.26 bits per heavy atom. The maximum atomic E-state index is 4.43. The zero-order valence-corrected chi connectivity index (χ0v) is 16.3. The van der Waals surface area contributed by atoms with Crippen molar-refractivity contribution in [2.24, 2.45) is 19.1 Å². The molecule has 2 aromatic heterocycles. The highest BCUT2D eigenvalue weighted by molar-refractivity contribution is 14.0. The predicted octanol–water partition coefficient (Wildman–Crippen LogP) is 1.94. The van der Waals surface area contributed by atoms with Gasteiger partial charge in [-0.2, -0.15) is 5.10 Å². The smallest absolute Gasteiger partial charge is 0.193 e. The van der Waals surface area contributed by atoms with Gasteiger partial charge in [0.05, 0.1) is 12.7 Å². The Labute approximate surface area is 154 Å². The summed E-state index contributed by atoms with van der Waals surface area (Å²) in [6.45, 7) is 2.83. The summed E-state index contributed by atoms with van der Waals surface area (Å²) >= 11 is 0. The Hall–Kier alpha value is -1.51. The Morgan fingerprint density at radius 1 is 1.43 bits per heavy atom. The van der Waals surface area contributed by atoms with Crippen molar-refractivity contribution in [3.63, 3.8) is 0 Å². The van der Waals surface area contributed by atoms with Gasteiger partial charge in [0.25, 0.3) is 0 Å². The minimum atomic E-state index is 0. The Morgan fingerprint density at radius 3 is 2.87 bits per heavy atom. The van der Waals surface area contributed by atoms with Crippen molar-refractivity contribution in [2.75, 3.05) is 20.1 Å². The standard InChI is InChI=1S/C16H24N6.HI/c1-17-16(18-10-15-5-4-7-20(15)2)22-8-6-13(12-22)14-9-19-21(3)11-14;/h4-5,7,9,11,13H,6,8,10,12H2,1-3H3,(H,17,18);1H. The summed E-state index contributed by atoms with van der Waals surface area (Å²) in [5, 5.41) is 7.75. The van der Waals surface area contributed by atoms with Crippen molar-refractivity contribution in [3.05, 3.63) is 42.0 Å². The number of nitrogens with one attached hydrogen (secondary N) is 1. The fourth-order valence-corrected chi connectivity index (χ4v) is 3.06. The van der Waals surface area contributed by atoms with Gasteiger partial charge in [0.15, 0.2) is 5.96 Å². The number of likely N-dealkylation sites (tertiary alicyclic amines) is 1. The summed E-state index contributed by atoms with van der Waals surface area (Å²) in [5.74, 6) is 1.52. The molecule has 126 valence electrons. The van der Waals surface area contributed by atoms with E-state index in [1.54, 1.807) is 0 Å². The molecule has 1 saturated heterocycles. The van der Waals surface area contributed by atoms with Gasteiger partial charge in [-0.1, -0.05) is 0 Å². The quantitative estimate of drug-likeness (QED) is 0.462. The van der Waals surface area contributed by atoms with Gasteiger partial charge in [0.1, 0.15) is 0 Å². The first kappa shape index (κ1) is 17.8. The number of rotatable bonds is 3. The molecule has 1 N–H and O–H groups in total. The van der Waals surface area contributed by atoms with E-state index in [4.69, 9.17) is 0 Å². The van der Waals surface area contributed by atoms with Crippen LogP contribution in [0.1, 0.15) is 23.6 Å². The first-order valence-electron chi connectivity index (χ1n) is 7.71. The number of nitrogens with zero attached hydrogens (tertiary/aromatic N) is 5. The Kier molecular flexibility index (Phi) is 6.09. The van der Waals surface area contributed by atoms with Crippen LogP contribution in [-0.2, 0) is 20.6 Å². The van der Waals surface area contributed by atoms with Gasteiger partial charge >= 0.3 is 0 Å². The molecule has 0 amide bonds. The highest BCUT2D eigenvalue weighted by atomic mass is 127. The van der Waals surface area contributed by atoms with Crippen LogP contribution in [-0.4, -0.2) is 45.3 Å². The monoisotopic (exact) mass is 428 g/mol. The van der Waals surface area contributed by atoms with Gasteiger partial charge in [-0.05, 0) is 24.1 Å². The maximum absolute atomic E-state index is 4.43. The minimum absolute atomic E-state index is 0. The van der Waals surface area contributed by atoms with Gasteiger partial charge in [-0.15, -0.1) is 24.0 Å². The number of aromatic nitrogens is 3. The van der Waals surface area contributed by atoms with E-state index < -0.39 is 0 Å². The number of halogens is 1. The Balaban J connectivity index is 0.00000192. The summed E-state index contributed by atoms with van der Waals surface area (Å²) in [4.78, 5) is 6.77. The van der Waals surface area contributed by atoms with Gasteiger partial charge < -0.3 is 14.8 Å². The second-order valence-electron chi connectivity index (χ2n) is 5.89. The highest BCUT2D eigenvalue weighted by Crippen LogP contribution is 2.26. The lowest BCUT2D eigenvalue weighted by Crippen LogP contribution is -2.39. The maximum Gasteiger partial charge on any atom is 0.193 e. The van der Waals surface area contributed by atoms with E-state index in [2.05, 4.69) is 56.4 Å². The topological polar surface area (TPSA) is 50.4 Å². The van der Waals surface area contributed by atoms with Crippen molar-refractivity contribution >= 4 is 29.9 Å². The normalized spacial score (nSPS) is 18.1. The number of aliphatic imine (C=N–C) groups is 1. The van der Waals surface area contributed by atoms with E-state index in [0.29, 0.717) is 5.92 Å². The van der Waals surface area contributed by atoms with Crippen LogP contribution in [0, 0.1) is 0 Å². The lowest BCUT2D eigenvalue weighted by Gasteiger charge is -2.21. The van der Waals surface area contributed by atoms with E-state index in [1.165, 1.54) is 11.3 Å². The van der Waals surface area contributed by atoms with E-state index in [9.17, 15) is 0 Å². The molecule has 3 heterocycles. The third-order valence-corrected chi connectivity index (χ3v) is 4.37. The van der Waals surface area contributed by atoms with Crippen LogP contribution in [0.5, 0.6) is 0 Å².